The molecule has 1 aromatic heterocycles. The zero-order valence-corrected chi connectivity index (χ0v) is 11.3. The maximum absolute atomic E-state index is 5.43. The van der Waals surface area contributed by atoms with Gasteiger partial charge in [-0.1, -0.05) is 25.5 Å². The largest absolute Gasteiger partial charge is 0.379 e. The van der Waals surface area contributed by atoms with Crippen LogP contribution in [-0.2, 0) is 4.74 Å². The van der Waals surface area contributed by atoms with Gasteiger partial charge in [0.1, 0.15) is 17.2 Å². The molecular weight excluding hydrogens is 240 g/mol. The van der Waals surface area contributed by atoms with Gasteiger partial charge in [0.05, 0.1) is 13.2 Å². The summed E-state index contributed by atoms with van der Waals surface area (Å²) in [6.07, 6.45) is 2.45. The minimum atomic E-state index is 0.251. The highest BCUT2D eigenvalue weighted by Gasteiger charge is 2.23. The van der Waals surface area contributed by atoms with E-state index in [1.807, 2.05) is 29.1 Å². The molecule has 1 aliphatic heterocycles. The highest BCUT2D eigenvalue weighted by atomic mass is 16.5. The van der Waals surface area contributed by atoms with Gasteiger partial charge in [0.25, 0.3) is 0 Å². The molecule has 19 heavy (non-hydrogen) atoms. The predicted octanol–water partition coefficient (Wildman–Crippen LogP) is 2.06. The second-order valence-corrected chi connectivity index (χ2v) is 4.93. The van der Waals surface area contributed by atoms with E-state index in [0.717, 1.165) is 50.2 Å². The summed E-state index contributed by atoms with van der Waals surface area (Å²) in [6, 6.07) is 8.04. The highest BCUT2D eigenvalue weighted by molar-refractivity contribution is 5.72. The van der Waals surface area contributed by atoms with Gasteiger partial charge in [-0.05, 0) is 18.6 Å². The maximum Gasteiger partial charge on any atom is 0.124 e. The molecule has 102 valence electrons. The van der Waals surface area contributed by atoms with Crippen LogP contribution in [0.2, 0.25) is 0 Å². The average Bonchev–Trinajstić information content (AvgIpc) is 2.89. The minimum absolute atomic E-state index is 0.251. The summed E-state index contributed by atoms with van der Waals surface area (Å²) < 4.78 is 5.43. The van der Waals surface area contributed by atoms with E-state index in [4.69, 9.17) is 4.74 Å². The van der Waals surface area contributed by atoms with Crippen LogP contribution in [0.15, 0.2) is 24.3 Å². The second-order valence-electron chi connectivity index (χ2n) is 4.93. The van der Waals surface area contributed by atoms with E-state index in [-0.39, 0.29) is 6.17 Å². The molecule has 0 spiro atoms. The molecule has 1 aromatic carbocycles. The van der Waals surface area contributed by atoms with Crippen LogP contribution in [0, 0.1) is 0 Å². The fourth-order valence-electron chi connectivity index (χ4n) is 2.59. The summed E-state index contributed by atoms with van der Waals surface area (Å²) in [4.78, 5) is 4.31. The molecule has 0 bridgehead atoms. The van der Waals surface area contributed by atoms with E-state index in [1.165, 1.54) is 0 Å². The smallest absolute Gasteiger partial charge is 0.124 e. The number of benzene rings is 1. The number of morpholine rings is 1. The lowest BCUT2D eigenvalue weighted by molar-refractivity contribution is -0.0118. The quantitative estimate of drug-likeness (QED) is 0.844. The highest BCUT2D eigenvalue weighted by Crippen LogP contribution is 2.20. The van der Waals surface area contributed by atoms with Crippen molar-refractivity contribution in [1.29, 1.82) is 0 Å². The number of ether oxygens (including phenoxy) is 1. The summed E-state index contributed by atoms with van der Waals surface area (Å²) in [5.41, 5.74) is 1.94. The van der Waals surface area contributed by atoms with Gasteiger partial charge >= 0.3 is 0 Å². The van der Waals surface area contributed by atoms with Crippen molar-refractivity contribution in [3.8, 4) is 0 Å². The Bertz CT molecular complexity index is 500. The Kier molecular flexibility index (Phi) is 3.75. The molecule has 0 aliphatic carbocycles. The van der Waals surface area contributed by atoms with Crippen LogP contribution >= 0.6 is 0 Å². The lowest BCUT2D eigenvalue weighted by atomic mass is 10.2. The fourth-order valence-corrected chi connectivity index (χ4v) is 2.59. The number of hydrogen-bond acceptors (Lipinski definition) is 4. The average molecular weight is 260 g/mol. The zero-order valence-electron chi connectivity index (χ0n) is 11.3. The molecule has 5 heteroatoms. The van der Waals surface area contributed by atoms with Crippen molar-refractivity contribution in [1.82, 2.24) is 19.9 Å². The molecule has 1 fully saturated rings. The third-order valence-corrected chi connectivity index (χ3v) is 3.58. The number of rotatable bonds is 4. The third-order valence-electron chi connectivity index (χ3n) is 3.58. The van der Waals surface area contributed by atoms with E-state index >= 15 is 0 Å². The molecule has 5 nitrogen and oxygen atoms in total. The Labute approximate surface area is 113 Å². The number of fused-ring (bicyclic) bond motifs is 1. The Morgan fingerprint density at radius 1 is 1.16 bits per heavy atom. The van der Waals surface area contributed by atoms with Crippen molar-refractivity contribution in [2.24, 2.45) is 0 Å². The molecule has 0 radical (unpaired) electrons. The van der Waals surface area contributed by atoms with Crippen LogP contribution in [0.5, 0.6) is 0 Å². The van der Waals surface area contributed by atoms with E-state index in [0.29, 0.717) is 0 Å². The first kappa shape index (κ1) is 12.6. The van der Waals surface area contributed by atoms with E-state index in [1.54, 1.807) is 0 Å². The van der Waals surface area contributed by atoms with Crippen LogP contribution in [0.1, 0.15) is 25.9 Å². The molecule has 2 aromatic rings. The molecule has 1 atom stereocenters. The Balaban J connectivity index is 1.89. The molecule has 1 saturated heterocycles. The molecule has 1 aliphatic rings. The Hall–Kier alpha value is -1.46. The molecule has 2 heterocycles. The third kappa shape index (κ3) is 2.62. The molecular formula is C14H20N4O. The van der Waals surface area contributed by atoms with Crippen molar-refractivity contribution in [3.63, 3.8) is 0 Å². The summed E-state index contributed by atoms with van der Waals surface area (Å²) in [5, 5.41) is 9.26. The van der Waals surface area contributed by atoms with E-state index in [9.17, 15) is 0 Å². The van der Waals surface area contributed by atoms with Gasteiger partial charge < -0.3 is 4.74 Å². The maximum atomic E-state index is 5.43. The Morgan fingerprint density at radius 2 is 1.79 bits per heavy atom. The van der Waals surface area contributed by atoms with Gasteiger partial charge in [-0.25, -0.2) is 0 Å². The minimum Gasteiger partial charge on any atom is -0.379 e. The van der Waals surface area contributed by atoms with Crippen molar-refractivity contribution >= 4 is 11.0 Å². The van der Waals surface area contributed by atoms with Gasteiger partial charge in [0.15, 0.2) is 0 Å². The zero-order chi connectivity index (χ0) is 13.1. The fraction of sp³-hybridized carbons (Fsp3) is 0.571. The second kappa shape index (κ2) is 5.67. The molecule has 0 amide bonds. The van der Waals surface area contributed by atoms with Crippen molar-refractivity contribution < 1.29 is 4.74 Å². The monoisotopic (exact) mass is 260 g/mol. The van der Waals surface area contributed by atoms with Crippen molar-refractivity contribution in [2.45, 2.75) is 25.9 Å². The molecule has 1 unspecified atom stereocenters. The van der Waals surface area contributed by atoms with Crippen LogP contribution in [0.4, 0.5) is 0 Å². The van der Waals surface area contributed by atoms with Crippen LogP contribution in [0.25, 0.3) is 11.0 Å². The number of hydrogen-bond donors (Lipinski definition) is 0. The van der Waals surface area contributed by atoms with Gasteiger partial charge in [0.2, 0.25) is 0 Å². The first-order valence-electron chi connectivity index (χ1n) is 7.02. The summed E-state index contributed by atoms with van der Waals surface area (Å²) in [5.74, 6) is 0. The molecule has 3 rings (SSSR count). The first-order chi connectivity index (χ1) is 9.38. The lowest BCUT2D eigenvalue weighted by Gasteiger charge is -2.33. The predicted molar refractivity (Wildman–Crippen MR) is 73.9 cm³/mol. The van der Waals surface area contributed by atoms with Crippen molar-refractivity contribution in [3.05, 3.63) is 24.3 Å². The van der Waals surface area contributed by atoms with Gasteiger partial charge in [-0.15, -0.1) is 0 Å². The SMILES string of the molecule is CCCC(N1CCOCC1)n1nc2ccccc2n1. The van der Waals surface area contributed by atoms with E-state index < -0.39 is 0 Å². The van der Waals surface area contributed by atoms with Gasteiger partial charge in [-0.3, -0.25) is 4.90 Å². The Morgan fingerprint density at radius 3 is 2.37 bits per heavy atom. The van der Waals surface area contributed by atoms with Gasteiger partial charge in [0, 0.05) is 13.1 Å². The van der Waals surface area contributed by atoms with E-state index in [2.05, 4.69) is 22.0 Å². The summed E-state index contributed by atoms with van der Waals surface area (Å²) in [7, 11) is 0. The summed E-state index contributed by atoms with van der Waals surface area (Å²) >= 11 is 0. The van der Waals surface area contributed by atoms with Crippen molar-refractivity contribution in [2.75, 3.05) is 26.3 Å². The number of nitrogens with zero attached hydrogens (tertiary/aromatic N) is 4. The standard InChI is InChI=1S/C14H20N4O/c1-2-5-14(17-8-10-19-11-9-17)18-15-12-6-3-4-7-13(12)16-18/h3-4,6-7,14H,2,5,8-11H2,1H3. The van der Waals surface area contributed by atoms with Crippen LogP contribution in [-0.4, -0.2) is 46.2 Å². The van der Waals surface area contributed by atoms with Crippen LogP contribution < -0.4 is 0 Å². The van der Waals surface area contributed by atoms with Gasteiger partial charge in [-0.2, -0.15) is 15.0 Å². The lowest BCUT2D eigenvalue weighted by Crippen LogP contribution is -2.42. The first-order valence-corrected chi connectivity index (χ1v) is 7.02. The normalized spacial score (nSPS) is 18.8. The molecule has 0 saturated carbocycles. The molecule has 0 N–H and O–H groups in total. The van der Waals surface area contributed by atoms with Crippen LogP contribution in [0.3, 0.4) is 0 Å². The topological polar surface area (TPSA) is 43.2 Å². The number of aromatic nitrogens is 3. The summed E-state index contributed by atoms with van der Waals surface area (Å²) in [6.45, 7) is 5.74.